The fourth-order valence-electron chi connectivity index (χ4n) is 2.08. The molecule has 1 saturated carbocycles. The van der Waals surface area contributed by atoms with Crippen LogP contribution in [-0.2, 0) is 6.54 Å². The molecule has 0 aliphatic heterocycles. The second-order valence-electron chi connectivity index (χ2n) is 5.46. The van der Waals surface area contributed by atoms with Crippen LogP contribution in [0.4, 0.5) is 10.1 Å². The molecule has 0 saturated heterocycles. The van der Waals surface area contributed by atoms with Crippen LogP contribution in [0.25, 0.3) is 0 Å². The third kappa shape index (κ3) is 4.45. The Kier molecular flexibility index (Phi) is 4.81. The molecule has 3 N–H and O–H groups in total. The van der Waals surface area contributed by atoms with Crippen molar-refractivity contribution in [2.75, 3.05) is 5.32 Å². The van der Waals surface area contributed by atoms with Gasteiger partial charge in [-0.2, -0.15) is 0 Å². The molecule has 120 valence electrons. The van der Waals surface area contributed by atoms with Gasteiger partial charge in [0, 0.05) is 16.1 Å². The van der Waals surface area contributed by atoms with Gasteiger partial charge in [0.05, 0.1) is 12.2 Å². The number of aliphatic imine (C=N–C) groups is 1. The number of guanidine groups is 1. The summed E-state index contributed by atoms with van der Waals surface area (Å²) >= 11 is 3.34. The van der Waals surface area contributed by atoms with Crippen molar-refractivity contribution in [1.82, 2.24) is 5.32 Å². The first-order valence-electron chi connectivity index (χ1n) is 7.42. The Morgan fingerprint density at radius 3 is 2.78 bits per heavy atom. The van der Waals surface area contributed by atoms with E-state index in [9.17, 15) is 9.50 Å². The van der Waals surface area contributed by atoms with E-state index < -0.39 is 0 Å². The molecule has 0 spiro atoms. The molecule has 1 fully saturated rings. The standard InChI is InChI=1S/C17H17BrFN3O/c18-12-5-8-14(19)11(9-12)10-20-17(21-13-6-7-13)22-15-3-1-2-4-16(15)23/h1-5,8-9,13,23H,6-7,10H2,(H2,20,21,22). The first kappa shape index (κ1) is 15.8. The van der Waals surface area contributed by atoms with E-state index in [1.807, 2.05) is 6.07 Å². The van der Waals surface area contributed by atoms with Crippen molar-refractivity contribution in [3.8, 4) is 5.75 Å². The predicted molar refractivity (Wildman–Crippen MR) is 93.1 cm³/mol. The number of halogens is 2. The number of anilines is 1. The van der Waals surface area contributed by atoms with E-state index >= 15 is 0 Å². The Bertz CT molecular complexity index is 732. The van der Waals surface area contributed by atoms with Crippen molar-refractivity contribution in [2.45, 2.75) is 25.4 Å². The average molecular weight is 378 g/mol. The van der Waals surface area contributed by atoms with Crippen LogP contribution in [-0.4, -0.2) is 17.1 Å². The minimum atomic E-state index is -0.287. The highest BCUT2D eigenvalue weighted by Crippen LogP contribution is 2.23. The molecule has 0 atom stereocenters. The molecule has 2 aromatic rings. The monoisotopic (exact) mass is 377 g/mol. The third-order valence-electron chi connectivity index (χ3n) is 3.49. The van der Waals surface area contributed by atoms with Gasteiger partial charge in [-0.1, -0.05) is 28.1 Å². The van der Waals surface area contributed by atoms with Crippen LogP contribution in [0.3, 0.4) is 0 Å². The number of nitrogens with zero attached hydrogens (tertiary/aromatic N) is 1. The van der Waals surface area contributed by atoms with Crippen molar-refractivity contribution in [3.63, 3.8) is 0 Å². The van der Waals surface area contributed by atoms with Crippen molar-refractivity contribution in [1.29, 1.82) is 0 Å². The van der Waals surface area contributed by atoms with E-state index in [-0.39, 0.29) is 18.1 Å². The van der Waals surface area contributed by atoms with Gasteiger partial charge in [0.25, 0.3) is 0 Å². The summed E-state index contributed by atoms with van der Waals surface area (Å²) in [5.41, 5.74) is 1.07. The Morgan fingerprint density at radius 1 is 1.26 bits per heavy atom. The second-order valence-corrected chi connectivity index (χ2v) is 6.38. The van der Waals surface area contributed by atoms with Crippen molar-refractivity contribution >= 4 is 27.6 Å². The molecule has 0 aromatic heterocycles. The Balaban J connectivity index is 1.78. The van der Waals surface area contributed by atoms with Crippen LogP contribution in [0.1, 0.15) is 18.4 Å². The summed E-state index contributed by atoms with van der Waals surface area (Å²) < 4.78 is 14.6. The van der Waals surface area contributed by atoms with Crippen molar-refractivity contribution in [3.05, 3.63) is 58.3 Å². The molecule has 1 aliphatic rings. The number of para-hydroxylation sites is 2. The van der Waals surface area contributed by atoms with Crippen LogP contribution in [0.2, 0.25) is 0 Å². The van der Waals surface area contributed by atoms with E-state index in [2.05, 4.69) is 31.6 Å². The molecule has 6 heteroatoms. The van der Waals surface area contributed by atoms with Gasteiger partial charge in [-0.05, 0) is 43.2 Å². The first-order chi connectivity index (χ1) is 11.1. The molecular weight excluding hydrogens is 361 g/mol. The van der Waals surface area contributed by atoms with E-state index in [4.69, 9.17) is 0 Å². The smallest absolute Gasteiger partial charge is 0.196 e. The quantitative estimate of drug-likeness (QED) is 0.428. The molecule has 0 unspecified atom stereocenters. The van der Waals surface area contributed by atoms with Gasteiger partial charge in [-0.3, -0.25) is 0 Å². The van der Waals surface area contributed by atoms with E-state index in [1.165, 1.54) is 6.07 Å². The number of hydrogen-bond donors (Lipinski definition) is 3. The lowest BCUT2D eigenvalue weighted by Gasteiger charge is -2.13. The number of benzene rings is 2. The highest BCUT2D eigenvalue weighted by molar-refractivity contribution is 9.10. The van der Waals surface area contributed by atoms with E-state index in [1.54, 1.807) is 30.3 Å². The normalized spacial score (nSPS) is 14.6. The number of nitrogens with one attached hydrogen (secondary N) is 2. The summed E-state index contributed by atoms with van der Waals surface area (Å²) in [5.74, 6) is 0.394. The molecule has 0 radical (unpaired) electrons. The lowest BCUT2D eigenvalue weighted by atomic mass is 10.2. The lowest BCUT2D eigenvalue weighted by molar-refractivity contribution is 0.478. The van der Waals surface area contributed by atoms with Gasteiger partial charge < -0.3 is 15.7 Å². The van der Waals surface area contributed by atoms with Gasteiger partial charge in [0.2, 0.25) is 0 Å². The molecule has 1 aliphatic carbocycles. The topological polar surface area (TPSA) is 56.6 Å². The lowest BCUT2D eigenvalue weighted by Crippen LogP contribution is -2.32. The molecule has 23 heavy (non-hydrogen) atoms. The predicted octanol–water partition coefficient (Wildman–Crippen LogP) is 4.01. The van der Waals surface area contributed by atoms with E-state index in [0.717, 1.165) is 17.3 Å². The molecule has 2 aromatic carbocycles. The largest absolute Gasteiger partial charge is 0.506 e. The Hall–Kier alpha value is -2.08. The summed E-state index contributed by atoms with van der Waals surface area (Å²) in [5, 5.41) is 16.2. The maximum atomic E-state index is 13.8. The zero-order valence-electron chi connectivity index (χ0n) is 12.4. The fourth-order valence-corrected chi connectivity index (χ4v) is 2.49. The van der Waals surface area contributed by atoms with Crippen molar-refractivity contribution < 1.29 is 9.50 Å². The minimum Gasteiger partial charge on any atom is -0.506 e. The summed E-state index contributed by atoms with van der Waals surface area (Å²) in [7, 11) is 0. The third-order valence-corrected chi connectivity index (χ3v) is 3.98. The SMILES string of the molecule is Oc1ccccc1NC(=NCc1cc(Br)ccc1F)NC1CC1. The minimum absolute atomic E-state index is 0.145. The van der Waals surface area contributed by atoms with Gasteiger partial charge in [0.1, 0.15) is 11.6 Å². The van der Waals surface area contributed by atoms with Gasteiger partial charge in [-0.15, -0.1) is 0 Å². The number of rotatable bonds is 4. The number of hydrogen-bond acceptors (Lipinski definition) is 2. The summed E-state index contributed by atoms with van der Waals surface area (Å²) in [6.07, 6.45) is 2.18. The maximum absolute atomic E-state index is 13.8. The van der Waals surface area contributed by atoms with Gasteiger partial charge in [0.15, 0.2) is 5.96 Å². The molecule has 3 rings (SSSR count). The van der Waals surface area contributed by atoms with Crippen LogP contribution in [0.5, 0.6) is 5.75 Å². The number of phenols is 1. The molecular formula is C17H17BrFN3O. The number of phenolic OH excluding ortho intramolecular Hbond substituents is 1. The van der Waals surface area contributed by atoms with Crippen LogP contribution in [0.15, 0.2) is 51.9 Å². The van der Waals surface area contributed by atoms with Crippen LogP contribution in [0, 0.1) is 5.82 Å². The Morgan fingerprint density at radius 2 is 2.04 bits per heavy atom. The average Bonchev–Trinajstić information content (AvgIpc) is 3.34. The van der Waals surface area contributed by atoms with Crippen LogP contribution < -0.4 is 10.6 Å². The van der Waals surface area contributed by atoms with E-state index in [0.29, 0.717) is 23.3 Å². The molecule has 0 bridgehead atoms. The zero-order valence-corrected chi connectivity index (χ0v) is 14.0. The molecule has 4 nitrogen and oxygen atoms in total. The second kappa shape index (κ2) is 7.00. The Labute approximate surface area is 142 Å². The highest BCUT2D eigenvalue weighted by atomic mass is 79.9. The summed E-state index contributed by atoms with van der Waals surface area (Å²) in [6.45, 7) is 0.209. The summed E-state index contributed by atoms with van der Waals surface area (Å²) in [6, 6.07) is 12.1. The summed E-state index contributed by atoms with van der Waals surface area (Å²) in [4.78, 5) is 4.43. The van der Waals surface area contributed by atoms with Crippen LogP contribution >= 0.6 is 15.9 Å². The number of aromatic hydroxyl groups is 1. The maximum Gasteiger partial charge on any atom is 0.196 e. The highest BCUT2D eigenvalue weighted by Gasteiger charge is 2.22. The van der Waals surface area contributed by atoms with Gasteiger partial charge in [-0.25, -0.2) is 9.38 Å². The first-order valence-corrected chi connectivity index (χ1v) is 8.21. The van der Waals surface area contributed by atoms with Crippen molar-refractivity contribution in [2.24, 2.45) is 4.99 Å². The zero-order chi connectivity index (χ0) is 16.2. The molecule has 0 heterocycles. The van der Waals surface area contributed by atoms with Gasteiger partial charge >= 0.3 is 0 Å². The molecule has 0 amide bonds. The fraction of sp³-hybridized carbons (Fsp3) is 0.235.